The Hall–Kier alpha value is -1.51. The molecule has 0 fully saturated rings. The first-order valence-electron chi connectivity index (χ1n) is 6.27. The summed E-state index contributed by atoms with van der Waals surface area (Å²) < 4.78 is 5.84. The quantitative estimate of drug-likeness (QED) is 0.915. The van der Waals surface area contributed by atoms with E-state index in [1.54, 1.807) is 0 Å². The predicted molar refractivity (Wildman–Crippen MR) is 79.6 cm³/mol. The molecular formula is C16H18ClNO. The van der Waals surface area contributed by atoms with Gasteiger partial charge in [-0.15, -0.1) is 0 Å². The highest BCUT2D eigenvalue weighted by Crippen LogP contribution is 2.24. The minimum Gasteiger partial charge on any atom is -0.489 e. The number of rotatable bonds is 4. The molecule has 0 saturated carbocycles. The summed E-state index contributed by atoms with van der Waals surface area (Å²) in [5.41, 5.74) is 10.3. The van der Waals surface area contributed by atoms with Gasteiger partial charge in [0, 0.05) is 17.1 Å². The van der Waals surface area contributed by atoms with Gasteiger partial charge in [0.1, 0.15) is 12.4 Å². The molecule has 2 nitrogen and oxygen atoms in total. The molecule has 19 heavy (non-hydrogen) atoms. The Kier molecular flexibility index (Phi) is 4.46. The van der Waals surface area contributed by atoms with Gasteiger partial charge in [-0.25, -0.2) is 0 Å². The van der Waals surface area contributed by atoms with Crippen LogP contribution in [0.15, 0.2) is 36.4 Å². The van der Waals surface area contributed by atoms with E-state index >= 15 is 0 Å². The zero-order valence-corrected chi connectivity index (χ0v) is 12.0. The number of nitrogens with two attached hydrogens (primary N) is 1. The Bertz CT molecular complexity index is 561. The molecule has 100 valence electrons. The van der Waals surface area contributed by atoms with Crippen LogP contribution in [-0.2, 0) is 13.2 Å². The van der Waals surface area contributed by atoms with E-state index in [1.165, 1.54) is 11.1 Å². The van der Waals surface area contributed by atoms with Crippen LogP contribution in [0.25, 0.3) is 0 Å². The number of hydrogen-bond donors (Lipinski definition) is 1. The summed E-state index contributed by atoms with van der Waals surface area (Å²) in [6.45, 7) is 5.14. The third kappa shape index (κ3) is 3.72. The van der Waals surface area contributed by atoms with E-state index in [0.717, 1.165) is 16.9 Å². The average molecular weight is 276 g/mol. The maximum atomic E-state index is 5.99. The van der Waals surface area contributed by atoms with Crippen LogP contribution in [-0.4, -0.2) is 0 Å². The molecule has 3 heteroatoms. The average Bonchev–Trinajstić information content (AvgIpc) is 2.35. The van der Waals surface area contributed by atoms with E-state index in [1.807, 2.05) is 18.2 Å². The number of halogens is 1. The number of ether oxygens (including phenoxy) is 1. The van der Waals surface area contributed by atoms with Gasteiger partial charge in [0.15, 0.2) is 0 Å². The summed E-state index contributed by atoms with van der Waals surface area (Å²) in [5, 5.41) is 0.660. The van der Waals surface area contributed by atoms with Crippen molar-refractivity contribution in [3.05, 3.63) is 63.7 Å². The molecule has 2 aromatic rings. The van der Waals surface area contributed by atoms with Crippen LogP contribution < -0.4 is 10.5 Å². The zero-order valence-electron chi connectivity index (χ0n) is 11.2. The van der Waals surface area contributed by atoms with Gasteiger partial charge in [0.25, 0.3) is 0 Å². The monoisotopic (exact) mass is 275 g/mol. The third-order valence-corrected chi connectivity index (χ3v) is 3.16. The number of benzene rings is 2. The number of hydrogen-bond acceptors (Lipinski definition) is 2. The van der Waals surface area contributed by atoms with Crippen LogP contribution in [0, 0.1) is 13.8 Å². The summed E-state index contributed by atoms with van der Waals surface area (Å²) in [4.78, 5) is 0. The second-order valence-corrected chi connectivity index (χ2v) is 5.18. The molecule has 0 aromatic heterocycles. The third-order valence-electron chi connectivity index (χ3n) is 2.92. The molecule has 0 aliphatic rings. The van der Waals surface area contributed by atoms with Gasteiger partial charge in [0.2, 0.25) is 0 Å². The molecule has 0 unspecified atom stereocenters. The maximum Gasteiger partial charge on any atom is 0.125 e. The van der Waals surface area contributed by atoms with Crippen molar-refractivity contribution < 1.29 is 4.74 Å². The molecule has 2 rings (SSSR count). The summed E-state index contributed by atoms with van der Waals surface area (Å²) in [6.07, 6.45) is 0. The lowest BCUT2D eigenvalue weighted by Crippen LogP contribution is -2.03. The Morgan fingerprint density at radius 1 is 1.05 bits per heavy atom. The van der Waals surface area contributed by atoms with Crippen molar-refractivity contribution in [1.29, 1.82) is 0 Å². The largest absolute Gasteiger partial charge is 0.489 e. The molecular weight excluding hydrogens is 258 g/mol. The Morgan fingerprint density at radius 2 is 1.74 bits per heavy atom. The lowest BCUT2D eigenvalue weighted by molar-refractivity contribution is 0.303. The van der Waals surface area contributed by atoms with Crippen molar-refractivity contribution in [3.8, 4) is 5.75 Å². The second-order valence-electron chi connectivity index (χ2n) is 4.74. The van der Waals surface area contributed by atoms with E-state index in [-0.39, 0.29) is 0 Å². The molecule has 2 N–H and O–H groups in total. The Labute approximate surface area is 119 Å². The van der Waals surface area contributed by atoms with E-state index in [2.05, 4.69) is 32.0 Å². The van der Waals surface area contributed by atoms with Gasteiger partial charge in [-0.2, -0.15) is 0 Å². The van der Waals surface area contributed by atoms with Crippen LogP contribution >= 0.6 is 11.6 Å². The van der Waals surface area contributed by atoms with Gasteiger partial charge in [-0.05, 0) is 31.5 Å². The summed E-state index contributed by atoms with van der Waals surface area (Å²) in [6, 6.07) is 11.9. The lowest BCUT2D eigenvalue weighted by Gasteiger charge is -2.12. The van der Waals surface area contributed by atoms with E-state index in [9.17, 15) is 0 Å². The fourth-order valence-corrected chi connectivity index (χ4v) is 2.31. The van der Waals surface area contributed by atoms with E-state index in [0.29, 0.717) is 18.2 Å². The summed E-state index contributed by atoms with van der Waals surface area (Å²) >= 11 is 5.99. The standard InChI is InChI=1S/C16H18ClNO/c1-11-5-12(2)7-13(6-11)10-19-16-8-15(17)4-3-14(16)9-18/h3-8H,9-10,18H2,1-2H3. The van der Waals surface area contributed by atoms with E-state index in [4.69, 9.17) is 22.1 Å². The minimum absolute atomic E-state index is 0.444. The van der Waals surface area contributed by atoms with Gasteiger partial charge < -0.3 is 10.5 Å². The summed E-state index contributed by atoms with van der Waals surface area (Å²) in [7, 11) is 0. The van der Waals surface area contributed by atoms with Crippen LogP contribution in [0.3, 0.4) is 0 Å². The molecule has 0 saturated heterocycles. The topological polar surface area (TPSA) is 35.2 Å². The molecule has 0 aliphatic heterocycles. The fourth-order valence-electron chi connectivity index (χ4n) is 2.14. The minimum atomic E-state index is 0.444. The second kappa shape index (κ2) is 6.09. The van der Waals surface area contributed by atoms with Crippen molar-refractivity contribution >= 4 is 11.6 Å². The number of aryl methyl sites for hydroxylation is 2. The highest BCUT2D eigenvalue weighted by atomic mass is 35.5. The first-order valence-corrected chi connectivity index (χ1v) is 6.65. The maximum absolute atomic E-state index is 5.99. The van der Waals surface area contributed by atoms with Gasteiger partial charge in [-0.3, -0.25) is 0 Å². The van der Waals surface area contributed by atoms with Gasteiger partial charge in [0.05, 0.1) is 0 Å². The molecule has 2 aromatic carbocycles. The molecule has 0 amide bonds. The van der Waals surface area contributed by atoms with Gasteiger partial charge in [-0.1, -0.05) is 47.0 Å². The summed E-state index contributed by atoms with van der Waals surface area (Å²) in [5.74, 6) is 0.758. The first-order chi connectivity index (χ1) is 9.08. The van der Waals surface area contributed by atoms with Crippen LogP contribution in [0.4, 0.5) is 0 Å². The van der Waals surface area contributed by atoms with Crippen LogP contribution in [0.2, 0.25) is 5.02 Å². The van der Waals surface area contributed by atoms with Crippen molar-refractivity contribution in [3.63, 3.8) is 0 Å². The lowest BCUT2D eigenvalue weighted by atomic mass is 10.1. The van der Waals surface area contributed by atoms with Crippen LogP contribution in [0.5, 0.6) is 5.75 Å². The van der Waals surface area contributed by atoms with Crippen molar-refractivity contribution in [2.75, 3.05) is 0 Å². The molecule has 0 radical (unpaired) electrons. The smallest absolute Gasteiger partial charge is 0.125 e. The zero-order chi connectivity index (χ0) is 13.8. The molecule has 0 bridgehead atoms. The van der Waals surface area contributed by atoms with E-state index < -0.39 is 0 Å². The highest BCUT2D eigenvalue weighted by Gasteiger charge is 2.04. The predicted octanol–water partition coefficient (Wildman–Crippen LogP) is 3.99. The van der Waals surface area contributed by atoms with Crippen LogP contribution in [0.1, 0.15) is 22.3 Å². The van der Waals surface area contributed by atoms with Crippen molar-refractivity contribution in [1.82, 2.24) is 0 Å². The Balaban J connectivity index is 2.16. The normalized spacial score (nSPS) is 10.5. The van der Waals surface area contributed by atoms with Crippen molar-refractivity contribution in [2.24, 2.45) is 5.73 Å². The molecule has 0 spiro atoms. The Morgan fingerprint density at radius 3 is 2.37 bits per heavy atom. The molecule has 0 heterocycles. The molecule has 0 aliphatic carbocycles. The molecule has 0 atom stereocenters. The SMILES string of the molecule is Cc1cc(C)cc(COc2cc(Cl)ccc2CN)c1. The fraction of sp³-hybridized carbons (Fsp3) is 0.250. The highest BCUT2D eigenvalue weighted by molar-refractivity contribution is 6.30. The first kappa shape index (κ1) is 13.9. The van der Waals surface area contributed by atoms with Gasteiger partial charge >= 0.3 is 0 Å². The van der Waals surface area contributed by atoms with Crippen molar-refractivity contribution in [2.45, 2.75) is 27.0 Å².